The van der Waals surface area contributed by atoms with Gasteiger partial charge in [0.05, 0.1) is 0 Å². The Morgan fingerprint density at radius 3 is 2.50 bits per heavy atom. The Morgan fingerprint density at radius 2 is 2.50 bits per heavy atom. The average Bonchev–Trinajstić information content (AvgIpc) is 1.65. The number of nitrogens with zero attached hydrogens (tertiary/aromatic N) is 1. The minimum Gasteiger partial charge on any atom is -0.286 e. The van der Waals surface area contributed by atoms with Gasteiger partial charge in [-0.25, -0.2) is 0 Å². The van der Waals surface area contributed by atoms with Gasteiger partial charge in [-0.05, 0) is 13.6 Å². The second-order valence-corrected chi connectivity index (χ2v) is 1.87. The van der Waals surface area contributed by atoms with Gasteiger partial charge in [0.1, 0.15) is 5.37 Å². The van der Waals surface area contributed by atoms with Gasteiger partial charge in [-0.3, -0.25) is 10.1 Å². The van der Waals surface area contributed by atoms with Crippen molar-refractivity contribution in [1.29, 1.82) is 0 Å². The van der Waals surface area contributed by atoms with E-state index in [1.165, 1.54) is 11.9 Å². The molecule has 0 radical (unpaired) electrons. The number of rotatable bonds is 2. The van der Waals surface area contributed by atoms with E-state index in [9.17, 15) is 0 Å². The summed E-state index contributed by atoms with van der Waals surface area (Å²) >= 11 is 1.20. The lowest BCUT2D eigenvalue weighted by Gasteiger charge is -1.93. The molecule has 0 saturated heterocycles. The molecule has 0 rings (SSSR count). The predicted octanol–water partition coefficient (Wildman–Crippen LogP) is 0.640. The van der Waals surface area contributed by atoms with Gasteiger partial charge < -0.3 is 0 Å². The molecule has 6 heavy (non-hydrogen) atoms. The summed E-state index contributed by atoms with van der Waals surface area (Å²) in [5.41, 5.74) is 0. The molecule has 0 aliphatic heterocycles. The zero-order valence-corrected chi connectivity index (χ0v) is 4.53. The quantitative estimate of drug-likeness (QED) is 0.412. The topological polar surface area (TPSA) is 38.4 Å². The van der Waals surface area contributed by atoms with Crippen LogP contribution in [-0.4, -0.2) is 12.1 Å². The molecule has 0 aliphatic rings. The lowest BCUT2D eigenvalue weighted by atomic mass is 10.8. The van der Waals surface area contributed by atoms with Gasteiger partial charge in [0.2, 0.25) is 0 Å². The Morgan fingerprint density at radius 1 is 2.00 bits per heavy atom. The minimum absolute atomic E-state index is 0.144. The van der Waals surface area contributed by atoms with Crippen LogP contribution in [0.2, 0.25) is 0 Å². The van der Waals surface area contributed by atoms with Crippen LogP contribution < -0.4 is 5.14 Å². The van der Waals surface area contributed by atoms with Crippen LogP contribution in [0.4, 0.5) is 0 Å². The third kappa shape index (κ3) is 2.23. The van der Waals surface area contributed by atoms with E-state index in [1.807, 2.05) is 6.92 Å². The normalized spacial score (nSPS) is 13.7. The summed E-state index contributed by atoms with van der Waals surface area (Å²) in [5.74, 6) is 0. The van der Waals surface area contributed by atoms with E-state index < -0.39 is 0 Å². The van der Waals surface area contributed by atoms with Crippen molar-refractivity contribution >= 4 is 18.7 Å². The van der Waals surface area contributed by atoms with Gasteiger partial charge in [0, 0.05) is 0 Å². The number of hydrogen-bond donors (Lipinski definition) is 1. The summed E-state index contributed by atoms with van der Waals surface area (Å²) in [5, 5.41) is 5.21. The van der Waals surface area contributed by atoms with Gasteiger partial charge in [-0.2, -0.15) is 0 Å². The standard InChI is InChI=1S/C3H8N2S/c1-3(5-2)6-4/h3H,2,4H2,1H3. The molecule has 2 N–H and O–H groups in total. The van der Waals surface area contributed by atoms with Crippen molar-refractivity contribution in [3.63, 3.8) is 0 Å². The van der Waals surface area contributed by atoms with Crippen molar-refractivity contribution in [2.75, 3.05) is 0 Å². The third-order valence-electron chi connectivity index (χ3n) is 0.454. The fourth-order valence-electron chi connectivity index (χ4n) is 0.0430. The fraction of sp³-hybridized carbons (Fsp3) is 0.667. The van der Waals surface area contributed by atoms with Crippen molar-refractivity contribution < 1.29 is 0 Å². The summed E-state index contributed by atoms with van der Waals surface area (Å²) < 4.78 is 0. The SMILES string of the molecule is C=NC(C)SN. The molecule has 1 unspecified atom stereocenters. The Kier molecular flexibility index (Phi) is 3.17. The highest BCUT2D eigenvalue weighted by atomic mass is 32.2. The van der Waals surface area contributed by atoms with Crippen molar-refractivity contribution in [3.8, 4) is 0 Å². The first-order chi connectivity index (χ1) is 2.81. The molecule has 0 amide bonds. The first kappa shape index (κ1) is 5.98. The van der Waals surface area contributed by atoms with Gasteiger partial charge in [0.25, 0.3) is 0 Å². The van der Waals surface area contributed by atoms with Crippen LogP contribution in [-0.2, 0) is 0 Å². The van der Waals surface area contributed by atoms with E-state index in [0.29, 0.717) is 0 Å². The van der Waals surface area contributed by atoms with E-state index in [0.717, 1.165) is 0 Å². The molecule has 0 spiro atoms. The molecule has 0 aromatic carbocycles. The molecular weight excluding hydrogens is 96.1 g/mol. The van der Waals surface area contributed by atoms with E-state index in [1.54, 1.807) is 0 Å². The highest BCUT2D eigenvalue weighted by Gasteiger charge is 1.86. The molecule has 2 nitrogen and oxygen atoms in total. The Bertz CT molecular complexity index is 46.1. The average molecular weight is 104 g/mol. The smallest absolute Gasteiger partial charge is 0.106 e. The minimum atomic E-state index is 0.144. The molecule has 1 atom stereocenters. The molecule has 0 aromatic rings. The summed E-state index contributed by atoms with van der Waals surface area (Å²) in [6.45, 7) is 5.17. The van der Waals surface area contributed by atoms with Gasteiger partial charge in [-0.15, -0.1) is 0 Å². The van der Waals surface area contributed by atoms with E-state index >= 15 is 0 Å². The second kappa shape index (κ2) is 3.18. The van der Waals surface area contributed by atoms with Crippen LogP contribution in [0.25, 0.3) is 0 Å². The van der Waals surface area contributed by atoms with E-state index in [2.05, 4.69) is 11.7 Å². The zero-order valence-electron chi connectivity index (χ0n) is 3.72. The molecule has 3 heteroatoms. The van der Waals surface area contributed by atoms with Crippen LogP contribution in [0.15, 0.2) is 4.99 Å². The highest BCUT2D eigenvalue weighted by molar-refractivity contribution is 7.97. The molecule has 0 bridgehead atoms. The molecule has 36 valence electrons. The van der Waals surface area contributed by atoms with Crippen molar-refractivity contribution in [1.82, 2.24) is 0 Å². The number of nitrogens with two attached hydrogens (primary N) is 1. The van der Waals surface area contributed by atoms with E-state index in [-0.39, 0.29) is 5.37 Å². The number of aliphatic imine (C=N–C) groups is 1. The first-order valence-corrected chi connectivity index (χ1v) is 2.57. The van der Waals surface area contributed by atoms with Gasteiger partial charge in [0.15, 0.2) is 0 Å². The monoisotopic (exact) mass is 104 g/mol. The van der Waals surface area contributed by atoms with E-state index in [4.69, 9.17) is 5.14 Å². The third-order valence-corrected chi connectivity index (χ3v) is 0.997. The van der Waals surface area contributed by atoms with Crippen LogP contribution in [0.5, 0.6) is 0 Å². The van der Waals surface area contributed by atoms with Crippen LogP contribution in [0, 0.1) is 0 Å². The molecule has 0 fully saturated rings. The lowest BCUT2D eigenvalue weighted by molar-refractivity contribution is 1.06. The van der Waals surface area contributed by atoms with Gasteiger partial charge in [-0.1, -0.05) is 11.9 Å². The molecule has 0 heterocycles. The van der Waals surface area contributed by atoms with Crippen LogP contribution in [0.3, 0.4) is 0 Å². The predicted molar refractivity (Wildman–Crippen MR) is 30.8 cm³/mol. The number of hydrogen-bond acceptors (Lipinski definition) is 3. The zero-order chi connectivity index (χ0) is 4.99. The second-order valence-electron chi connectivity index (χ2n) is 0.918. The maximum Gasteiger partial charge on any atom is 0.106 e. The fourth-order valence-corrected chi connectivity index (χ4v) is 0.129. The highest BCUT2D eigenvalue weighted by Crippen LogP contribution is 1.98. The molecular formula is C3H8N2S. The Labute approximate surface area is 42.0 Å². The van der Waals surface area contributed by atoms with Crippen molar-refractivity contribution in [2.45, 2.75) is 12.3 Å². The summed E-state index contributed by atoms with van der Waals surface area (Å²) in [6.07, 6.45) is 0. The summed E-state index contributed by atoms with van der Waals surface area (Å²) in [7, 11) is 0. The molecule has 0 aromatic heterocycles. The van der Waals surface area contributed by atoms with Crippen LogP contribution >= 0.6 is 11.9 Å². The Hall–Kier alpha value is -0.0200. The first-order valence-electron chi connectivity index (χ1n) is 1.62. The van der Waals surface area contributed by atoms with Crippen LogP contribution in [0.1, 0.15) is 6.92 Å². The summed E-state index contributed by atoms with van der Waals surface area (Å²) in [4.78, 5) is 3.59. The Balaban J connectivity index is 2.96. The summed E-state index contributed by atoms with van der Waals surface area (Å²) in [6, 6.07) is 0. The molecule has 0 aliphatic carbocycles. The van der Waals surface area contributed by atoms with Crippen molar-refractivity contribution in [2.24, 2.45) is 10.1 Å². The largest absolute Gasteiger partial charge is 0.286 e. The molecule has 0 saturated carbocycles. The van der Waals surface area contributed by atoms with Crippen molar-refractivity contribution in [3.05, 3.63) is 0 Å². The van der Waals surface area contributed by atoms with Gasteiger partial charge >= 0.3 is 0 Å². The lowest BCUT2D eigenvalue weighted by Crippen LogP contribution is -1.92. The maximum absolute atomic E-state index is 5.07. The maximum atomic E-state index is 5.07.